The molecule has 1 aliphatic rings. The molecular formula is C20H19NO3. The van der Waals surface area contributed by atoms with Crippen LogP contribution in [-0.4, -0.2) is 25.2 Å². The second-order valence-electron chi connectivity index (χ2n) is 5.62. The van der Waals surface area contributed by atoms with Crippen LogP contribution in [0.15, 0.2) is 48.5 Å². The van der Waals surface area contributed by atoms with Crippen molar-refractivity contribution in [3.63, 3.8) is 0 Å². The highest BCUT2D eigenvalue weighted by molar-refractivity contribution is 6.06. The van der Waals surface area contributed by atoms with Crippen molar-refractivity contribution in [2.75, 3.05) is 18.5 Å². The van der Waals surface area contributed by atoms with Gasteiger partial charge in [0.15, 0.2) is 0 Å². The van der Waals surface area contributed by atoms with E-state index in [4.69, 9.17) is 15.9 Å². The number of nitrogens with one attached hydrogen (secondary N) is 1. The number of para-hydroxylation sites is 1. The minimum Gasteiger partial charge on any atom is -0.490 e. The van der Waals surface area contributed by atoms with Crippen LogP contribution in [0.1, 0.15) is 28.8 Å². The van der Waals surface area contributed by atoms with E-state index in [1.165, 1.54) is 0 Å². The number of hydrogen-bond donors (Lipinski definition) is 1. The fraction of sp³-hybridized carbons (Fsp3) is 0.250. The zero-order chi connectivity index (χ0) is 16.8. The van der Waals surface area contributed by atoms with Gasteiger partial charge in [-0.3, -0.25) is 4.79 Å². The Labute approximate surface area is 141 Å². The van der Waals surface area contributed by atoms with Gasteiger partial charge >= 0.3 is 0 Å². The summed E-state index contributed by atoms with van der Waals surface area (Å²) in [5.74, 6) is 2.88. The molecule has 0 bridgehead atoms. The standard InChI is InChI=1S/C20H19NO3/c1-2-15-7-5-8-16(13-15)21-20(22)18-10-3-4-11-19(18)24-14-17-9-6-12-23-17/h1,3-5,7-8,10-11,13,17H,6,9,12,14H2,(H,21,22). The van der Waals surface area contributed by atoms with E-state index >= 15 is 0 Å². The van der Waals surface area contributed by atoms with Gasteiger partial charge < -0.3 is 14.8 Å². The number of carbonyl (C=O) groups is 1. The van der Waals surface area contributed by atoms with Crippen LogP contribution in [0.5, 0.6) is 5.75 Å². The van der Waals surface area contributed by atoms with Gasteiger partial charge in [-0.25, -0.2) is 0 Å². The third-order valence-corrected chi connectivity index (χ3v) is 3.87. The zero-order valence-corrected chi connectivity index (χ0v) is 13.3. The first-order chi connectivity index (χ1) is 11.8. The molecule has 2 aromatic rings. The van der Waals surface area contributed by atoms with Crippen molar-refractivity contribution in [3.05, 3.63) is 59.7 Å². The zero-order valence-electron chi connectivity index (χ0n) is 13.3. The molecule has 2 aromatic carbocycles. The third-order valence-electron chi connectivity index (χ3n) is 3.87. The van der Waals surface area contributed by atoms with E-state index in [0.29, 0.717) is 23.6 Å². The van der Waals surface area contributed by atoms with E-state index in [1.807, 2.05) is 24.3 Å². The molecule has 4 heteroatoms. The molecule has 1 N–H and O–H groups in total. The molecule has 1 saturated heterocycles. The van der Waals surface area contributed by atoms with Crippen molar-refractivity contribution >= 4 is 11.6 Å². The van der Waals surface area contributed by atoms with Gasteiger partial charge in [-0.05, 0) is 43.2 Å². The van der Waals surface area contributed by atoms with E-state index in [9.17, 15) is 4.79 Å². The number of amides is 1. The molecule has 0 spiro atoms. The van der Waals surface area contributed by atoms with Crippen molar-refractivity contribution < 1.29 is 14.3 Å². The minimum atomic E-state index is -0.230. The van der Waals surface area contributed by atoms with Gasteiger partial charge in [0.25, 0.3) is 5.91 Å². The summed E-state index contributed by atoms with van der Waals surface area (Å²) in [5.41, 5.74) is 1.86. The fourth-order valence-electron chi connectivity index (χ4n) is 2.62. The van der Waals surface area contributed by atoms with E-state index < -0.39 is 0 Å². The maximum Gasteiger partial charge on any atom is 0.259 e. The molecule has 1 heterocycles. The maximum atomic E-state index is 12.6. The summed E-state index contributed by atoms with van der Waals surface area (Å²) in [6, 6.07) is 14.4. The molecular weight excluding hydrogens is 302 g/mol. The smallest absolute Gasteiger partial charge is 0.259 e. The highest BCUT2D eigenvalue weighted by Gasteiger charge is 2.18. The lowest BCUT2D eigenvalue weighted by atomic mass is 10.1. The van der Waals surface area contributed by atoms with Gasteiger partial charge in [-0.1, -0.05) is 24.1 Å². The predicted octanol–water partition coefficient (Wildman–Crippen LogP) is 3.48. The molecule has 4 nitrogen and oxygen atoms in total. The summed E-state index contributed by atoms with van der Waals surface area (Å²) in [4.78, 5) is 12.6. The topological polar surface area (TPSA) is 47.6 Å². The van der Waals surface area contributed by atoms with Gasteiger partial charge in [0, 0.05) is 17.9 Å². The average Bonchev–Trinajstić information content (AvgIpc) is 3.14. The van der Waals surface area contributed by atoms with E-state index in [-0.39, 0.29) is 12.0 Å². The summed E-state index contributed by atoms with van der Waals surface area (Å²) in [5, 5.41) is 2.86. The van der Waals surface area contributed by atoms with Crippen LogP contribution >= 0.6 is 0 Å². The molecule has 1 unspecified atom stereocenters. The lowest BCUT2D eigenvalue weighted by Crippen LogP contribution is -2.19. The highest BCUT2D eigenvalue weighted by Crippen LogP contribution is 2.22. The summed E-state index contributed by atoms with van der Waals surface area (Å²) < 4.78 is 11.4. The van der Waals surface area contributed by atoms with Crippen molar-refractivity contribution in [1.29, 1.82) is 0 Å². The Morgan fingerprint density at radius 2 is 2.17 bits per heavy atom. The average molecular weight is 321 g/mol. The first-order valence-electron chi connectivity index (χ1n) is 7.98. The second kappa shape index (κ2) is 7.67. The van der Waals surface area contributed by atoms with Crippen molar-refractivity contribution in [2.24, 2.45) is 0 Å². The van der Waals surface area contributed by atoms with Crippen LogP contribution in [0.2, 0.25) is 0 Å². The Balaban J connectivity index is 1.70. The molecule has 3 rings (SSSR count). The SMILES string of the molecule is C#Cc1cccc(NC(=O)c2ccccc2OCC2CCCO2)c1. The number of terminal acetylenes is 1. The summed E-state index contributed by atoms with van der Waals surface area (Å²) in [6.07, 6.45) is 7.55. The molecule has 0 saturated carbocycles. The Morgan fingerprint density at radius 1 is 1.29 bits per heavy atom. The van der Waals surface area contributed by atoms with Crippen molar-refractivity contribution in [3.8, 4) is 18.1 Å². The highest BCUT2D eigenvalue weighted by atomic mass is 16.5. The summed E-state index contributed by atoms with van der Waals surface area (Å²) >= 11 is 0. The van der Waals surface area contributed by atoms with Gasteiger partial charge in [-0.15, -0.1) is 6.42 Å². The van der Waals surface area contributed by atoms with Crippen LogP contribution in [0.4, 0.5) is 5.69 Å². The number of anilines is 1. The van der Waals surface area contributed by atoms with Gasteiger partial charge in [-0.2, -0.15) is 0 Å². The number of rotatable bonds is 5. The van der Waals surface area contributed by atoms with Gasteiger partial charge in [0.05, 0.1) is 11.7 Å². The molecule has 0 radical (unpaired) electrons. The number of benzene rings is 2. The lowest BCUT2D eigenvalue weighted by molar-refractivity contribution is 0.0673. The van der Waals surface area contributed by atoms with Crippen molar-refractivity contribution in [2.45, 2.75) is 18.9 Å². The minimum absolute atomic E-state index is 0.105. The second-order valence-corrected chi connectivity index (χ2v) is 5.62. The van der Waals surface area contributed by atoms with Crippen LogP contribution < -0.4 is 10.1 Å². The van der Waals surface area contributed by atoms with E-state index in [1.54, 1.807) is 24.3 Å². The quantitative estimate of drug-likeness (QED) is 0.858. The van der Waals surface area contributed by atoms with Crippen LogP contribution in [-0.2, 0) is 4.74 Å². The summed E-state index contributed by atoms with van der Waals surface area (Å²) in [6.45, 7) is 1.23. The Bertz CT molecular complexity index is 757. The molecule has 122 valence electrons. The Morgan fingerprint density at radius 3 is 2.96 bits per heavy atom. The first-order valence-corrected chi connectivity index (χ1v) is 7.98. The molecule has 0 aliphatic carbocycles. The van der Waals surface area contributed by atoms with Crippen LogP contribution in [0.3, 0.4) is 0 Å². The number of hydrogen-bond acceptors (Lipinski definition) is 3. The molecule has 24 heavy (non-hydrogen) atoms. The van der Waals surface area contributed by atoms with Crippen LogP contribution in [0, 0.1) is 12.3 Å². The van der Waals surface area contributed by atoms with Crippen LogP contribution in [0.25, 0.3) is 0 Å². The number of carbonyl (C=O) groups excluding carboxylic acids is 1. The predicted molar refractivity (Wildman–Crippen MR) is 93.2 cm³/mol. The molecule has 1 amide bonds. The molecule has 1 fully saturated rings. The Hall–Kier alpha value is -2.77. The molecule has 1 atom stereocenters. The normalized spacial score (nSPS) is 16.4. The number of ether oxygens (including phenoxy) is 2. The lowest BCUT2D eigenvalue weighted by Gasteiger charge is -2.14. The van der Waals surface area contributed by atoms with Crippen molar-refractivity contribution in [1.82, 2.24) is 0 Å². The van der Waals surface area contributed by atoms with Gasteiger partial charge in [0.1, 0.15) is 12.4 Å². The first kappa shape index (κ1) is 16.1. The third kappa shape index (κ3) is 3.95. The summed E-state index contributed by atoms with van der Waals surface area (Å²) in [7, 11) is 0. The van der Waals surface area contributed by atoms with E-state index in [0.717, 1.165) is 25.0 Å². The maximum absolute atomic E-state index is 12.6. The molecule has 0 aromatic heterocycles. The fourth-order valence-corrected chi connectivity index (χ4v) is 2.62. The Kier molecular flexibility index (Phi) is 5.15. The van der Waals surface area contributed by atoms with E-state index in [2.05, 4.69) is 11.2 Å². The largest absolute Gasteiger partial charge is 0.490 e. The monoisotopic (exact) mass is 321 g/mol. The molecule has 1 aliphatic heterocycles. The van der Waals surface area contributed by atoms with Gasteiger partial charge in [0.2, 0.25) is 0 Å².